The number of hydrogen-bond acceptors (Lipinski definition) is 4. The topological polar surface area (TPSA) is 78.2 Å². The second kappa shape index (κ2) is 14.6. The highest BCUT2D eigenvalue weighted by molar-refractivity contribution is 5.65. The maximum atomic E-state index is 9.89. The monoisotopic (exact) mass is 383 g/mol. The average molecular weight is 384 g/mol. The van der Waals surface area contributed by atoms with Crippen molar-refractivity contribution in [3.8, 4) is 0 Å². The average Bonchev–Trinajstić information content (AvgIpc) is 3.00. The molecular formula is C21H41N3O3. The minimum absolute atomic E-state index is 0.0694. The summed E-state index contributed by atoms with van der Waals surface area (Å²) in [6, 6.07) is 0. The highest BCUT2D eigenvalue weighted by atomic mass is 16.4. The molecule has 6 nitrogen and oxygen atoms in total. The van der Waals surface area contributed by atoms with Gasteiger partial charge in [0.05, 0.1) is 27.1 Å². The molecule has 0 aliphatic rings. The van der Waals surface area contributed by atoms with Crippen molar-refractivity contribution in [2.24, 2.45) is 0 Å². The summed E-state index contributed by atoms with van der Waals surface area (Å²) in [5.74, 6) is 0.00967. The summed E-state index contributed by atoms with van der Waals surface area (Å²) in [5.41, 5.74) is 0. The number of aryl methyl sites for hydroxylation is 1. The molecule has 0 spiro atoms. The predicted octanol–water partition coefficient (Wildman–Crippen LogP) is 2.91. The van der Waals surface area contributed by atoms with Crippen molar-refractivity contribution in [1.82, 2.24) is 9.55 Å². The van der Waals surface area contributed by atoms with E-state index in [-0.39, 0.29) is 6.54 Å². The third-order valence-corrected chi connectivity index (χ3v) is 4.26. The first-order valence-electron chi connectivity index (χ1n) is 10.4. The van der Waals surface area contributed by atoms with Crippen LogP contribution in [-0.4, -0.2) is 52.8 Å². The predicted molar refractivity (Wildman–Crippen MR) is 108 cm³/mol. The Morgan fingerprint density at radius 3 is 2.04 bits per heavy atom. The summed E-state index contributed by atoms with van der Waals surface area (Å²) < 4.78 is 2.27. The van der Waals surface area contributed by atoms with E-state index in [1.165, 1.54) is 57.8 Å². The lowest BCUT2D eigenvalue weighted by atomic mass is 10.1. The Hall–Kier alpha value is -1.40. The number of hydrogen-bond donors (Lipinski definition) is 1. The minimum atomic E-state index is -1.00. The summed E-state index contributed by atoms with van der Waals surface area (Å²) in [6.45, 7) is 4.11. The fourth-order valence-corrected chi connectivity index (χ4v) is 2.86. The third kappa shape index (κ3) is 15.4. The number of unbranched alkanes of at least 4 members (excludes halogenated alkanes) is 8. The molecule has 1 unspecified atom stereocenters. The van der Waals surface area contributed by atoms with Crippen LogP contribution in [0.1, 0.15) is 83.7 Å². The highest BCUT2D eigenvalue weighted by Gasteiger charge is 2.06. The zero-order chi connectivity index (χ0) is 20.7. The van der Waals surface area contributed by atoms with Gasteiger partial charge in [0.2, 0.25) is 0 Å². The first kappa shape index (κ1) is 25.6. The lowest BCUT2D eigenvalue weighted by molar-refractivity contribution is -0.864. The molecule has 0 aromatic carbocycles. The molecule has 1 N–H and O–H groups in total. The molecule has 27 heavy (non-hydrogen) atoms. The van der Waals surface area contributed by atoms with Gasteiger partial charge in [0, 0.05) is 18.8 Å². The van der Waals surface area contributed by atoms with Crippen LogP contribution in [0.15, 0.2) is 12.4 Å². The van der Waals surface area contributed by atoms with Crippen LogP contribution in [0.4, 0.5) is 0 Å². The first-order valence-corrected chi connectivity index (χ1v) is 10.4. The van der Waals surface area contributed by atoms with Crippen molar-refractivity contribution < 1.29 is 19.5 Å². The standard InChI is InChI=1S/C16H30N2O.C5H11NO2/c1-3-4-5-6-7-8-9-10-11-12-16-17-13-14-18(16)15(2)19;1-6(2,3)4-5(7)8/h13-15,19H,3-12H2,1-2H3;4H2,1-3H3. The number of nitrogens with zero attached hydrogens (tertiary/aromatic N) is 3. The molecule has 1 rings (SSSR count). The van der Waals surface area contributed by atoms with Gasteiger partial charge in [-0.25, -0.2) is 4.98 Å². The number of aliphatic carboxylic acids is 1. The molecule has 0 saturated carbocycles. The number of imidazole rings is 1. The van der Waals surface area contributed by atoms with E-state index in [4.69, 9.17) is 0 Å². The number of carboxylic acid groups (broad SMARTS) is 1. The molecule has 0 radical (unpaired) electrons. The van der Waals surface area contributed by atoms with Gasteiger partial charge in [-0.15, -0.1) is 0 Å². The molecule has 6 heteroatoms. The van der Waals surface area contributed by atoms with Crippen molar-refractivity contribution in [3.05, 3.63) is 18.2 Å². The van der Waals surface area contributed by atoms with Gasteiger partial charge in [-0.3, -0.25) is 0 Å². The van der Waals surface area contributed by atoms with E-state index in [1.807, 2.05) is 10.8 Å². The van der Waals surface area contributed by atoms with Gasteiger partial charge < -0.3 is 24.1 Å². The summed E-state index contributed by atoms with van der Waals surface area (Å²) >= 11 is 0. The van der Waals surface area contributed by atoms with Gasteiger partial charge in [0.25, 0.3) is 0 Å². The molecule has 0 saturated heterocycles. The molecule has 0 amide bonds. The van der Waals surface area contributed by atoms with Gasteiger partial charge >= 0.3 is 0 Å². The molecule has 0 bridgehead atoms. The lowest BCUT2D eigenvalue weighted by Gasteiger charge is -2.23. The number of carboxylic acids is 1. The number of aliphatic hydroxyl groups is 1. The molecule has 1 atom stereocenters. The second-order valence-corrected chi connectivity index (χ2v) is 8.28. The Balaban J connectivity index is 0.000000713. The summed E-state index contributed by atoms with van der Waals surface area (Å²) in [6.07, 6.45) is 16.2. The van der Waals surface area contributed by atoms with Crippen LogP contribution in [0, 0.1) is 0 Å². The van der Waals surface area contributed by atoms with Crippen LogP contribution >= 0.6 is 0 Å². The van der Waals surface area contributed by atoms with Crippen molar-refractivity contribution in [1.29, 1.82) is 0 Å². The first-order chi connectivity index (χ1) is 12.7. The summed E-state index contributed by atoms with van der Waals surface area (Å²) in [5, 5.41) is 19.4. The fourth-order valence-electron chi connectivity index (χ4n) is 2.86. The third-order valence-electron chi connectivity index (χ3n) is 4.26. The Morgan fingerprint density at radius 2 is 1.63 bits per heavy atom. The van der Waals surface area contributed by atoms with Crippen LogP contribution in [0.5, 0.6) is 0 Å². The molecule has 1 aromatic rings. The molecule has 1 heterocycles. The molecule has 1 aromatic heterocycles. The van der Waals surface area contributed by atoms with Crippen molar-refractivity contribution >= 4 is 5.97 Å². The molecule has 0 fully saturated rings. The SMILES string of the molecule is CCCCCCCCCCCc1nccn1C(C)O.C[N+](C)(C)CC(=O)[O-]. The fraction of sp³-hybridized carbons (Fsp3) is 0.810. The number of quaternary nitrogens is 1. The van der Waals surface area contributed by atoms with Crippen LogP contribution in [0.2, 0.25) is 0 Å². The van der Waals surface area contributed by atoms with E-state index in [0.29, 0.717) is 4.48 Å². The smallest absolute Gasteiger partial charge is 0.129 e. The maximum Gasteiger partial charge on any atom is 0.129 e. The molecular weight excluding hydrogens is 342 g/mol. The lowest BCUT2D eigenvalue weighted by Crippen LogP contribution is -2.45. The minimum Gasteiger partial charge on any atom is -0.544 e. The van der Waals surface area contributed by atoms with Gasteiger partial charge in [-0.1, -0.05) is 58.3 Å². The summed E-state index contributed by atoms with van der Waals surface area (Å²) in [7, 11) is 5.40. The largest absolute Gasteiger partial charge is 0.544 e. The maximum absolute atomic E-state index is 9.89. The van der Waals surface area contributed by atoms with E-state index in [1.54, 1.807) is 34.3 Å². The van der Waals surface area contributed by atoms with Gasteiger partial charge in [0.15, 0.2) is 0 Å². The Bertz CT molecular complexity index is 493. The normalized spacial score (nSPS) is 12.4. The van der Waals surface area contributed by atoms with Crippen molar-refractivity contribution in [2.75, 3.05) is 27.7 Å². The quantitative estimate of drug-likeness (QED) is 0.420. The Morgan fingerprint density at radius 1 is 1.11 bits per heavy atom. The molecule has 0 aliphatic carbocycles. The number of carbonyl (C=O) groups excluding carboxylic acids is 1. The number of aromatic nitrogens is 2. The van der Waals surface area contributed by atoms with Gasteiger partial charge in [0.1, 0.15) is 18.6 Å². The van der Waals surface area contributed by atoms with Crippen LogP contribution in [0.25, 0.3) is 0 Å². The van der Waals surface area contributed by atoms with Crippen molar-refractivity contribution in [3.63, 3.8) is 0 Å². The van der Waals surface area contributed by atoms with Gasteiger partial charge in [-0.2, -0.15) is 0 Å². The second-order valence-electron chi connectivity index (χ2n) is 8.28. The Labute approximate surface area is 165 Å². The molecule has 158 valence electrons. The van der Waals surface area contributed by atoms with Gasteiger partial charge in [-0.05, 0) is 13.3 Å². The zero-order valence-electron chi connectivity index (χ0n) is 18.1. The molecule has 0 aliphatic heterocycles. The van der Waals surface area contributed by atoms with Crippen LogP contribution in [-0.2, 0) is 11.2 Å². The van der Waals surface area contributed by atoms with E-state index in [0.717, 1.165) is 12.2 Å². The number of aliphatic hydroxyl groups excluding tert-OH is 1. The summed E-state index contributed by atoms with van der Waals surface area (Å²) in [4.78, 5) is 14.2. The van der Waals surface area contributed by atoms with E-state index in [9.17, 15) is 15.0 Å². The highest BCUT2D eigenvalue weighted by Crippen LogP contribution is 2.13. The Kier molecular flexibility index (Phi) is 13.9. The number of likely N-dealkylation sites (N-methyl/N-ethyl adjacent to an activating group) is 1. The van der Waals surface area contributed by atoms with E-state index in [2.05, 4.69) is 11.9 Å². The number of rotatable bonds is 13. The van der Waals surface area contributed by atoms with Crippen molar-refractivity contribution in [2.45, 2.75) is 84.3 Å². The van der Waals surface area contributed by atoms with Crippen LogP contribution in [0.3, 0.4) is 0 Å². The number of carbonyl (C=O) groups is 1. The van der Waals surface area contributed by atoms with E-state index >= 15 is 0 Å². The van der Waals surface area contributed by atoms with Crippen LogP contribution < -0.4 is 5.11 Å². The van der Waals surface area contributed by atoms with E-state index < -0.39 is 12.2 Å². The zero-order valence-corrected chi connectivity index (χ0v) is 18.1.